The van der Waals surface area contributed by atoms with Crippen LogP contribution in [0.5, 0.6) is 0 Å². The summed E-state index contributed by atoms with van der Waals surface area (Å²) in [6.07, 6.45) is 35.5. The number of hydrogen-bond donors (Lipinski definition) is 0. The lowest BCUT2D eigenvalue weighted by molar-refractivity contribution is -0.120. The predicted molar refractivity (Wildman–Crippen MR) is 341 cm³/mol. The summed E-state index contributed by atoms with van der Waals surface area (Å²) in [4.78, 5) is 89.6. The number of ketones is 6. The van der Waals surface area contributed by atoms with Gasteiger partial charge in [-0.1, -0.05) is 87.5 Å². The Balaban J connectivity index is 0.000000108. The van der Waals surface area contributed by atoms with Crippen LogP contribution in [0.2, 0.25) is 0 Å². The van der Waals surface area contributed by atoms with Gasteiger partial charge in [0.1, 0.15) is 52.9 Å². The average molecular weight is 1190 g/mol. The molecule has 3 aromatic heterocycles. The van der Waals surface area contributed by atoms with Gasteiger partial charge in [-0.05, 0) is 136 Å². The Labute approximate surface area is 523 Å². The highest BCUT2D eigenvalue weighted by molar-refractivity contribution is 6.02. The van der Waals surface area contributed by atoms with Crippen LogP contribution in [0.3, 0.4) is 0 Å². The molecule has 12 aliphatic rings. The standard InChI is InChI=1S/C26H23NO3.C26H25NO3.C26H23NO3/c1-26-9-7-17-12-19-21(28)3-2-4-23(19)30-25(17)20(26)13-22(29)24(26)16-5-6-18-14-27-10-8-15(18)11-16;2*1-26-9-7-17-12-19-21(28)3-2-4-23(19)30-25(17)20(26)13-22(29)24(26)16-6-5-15-8-10-27-14-18(15)11-16/h5-12,14,20,24-25H,2-4,13H2,1H3;5-6,8,10-12,14,20,24-25H,2-4,7,9,13H2,1H3;5-12,14,20,24-25H,2-4,13H2,1H3/t3*20-,24-,25+,26-/m000/s1. The number of benzene rings is 3. The molecule has 0 N–H and O–H groups in total. The van der Waals surface area contributed by atoms with Crippen LogP contribution < -0.4 is 0 Å². The maximum absolute atomic E-state index is 13.3. The zero-order valence-electron chi connectivity index (χ0n) is 51.0. The highest BCUT2D eigenvalue weighted by atomic mass is 16.5. The van der Waals surface area contributed by atoms with E-state index in [1.165, 1.54) is 5.57 Å². The van der Waals surface area contributed by atoms with Crippen LogP contribution in [0.1, 0.15) is 145 Å². The Morgan fingerprint density at radius 3 is 1.33 bits per heavy atom. The lowest BCUT2D eigenvalue weighted by atomic mass is 9.61. The van der Waals surface area contributed by atoms with Crippen molar-refractivity contribution in [2.75, 3.05) is 0 Å². The number of rotatable bonds is 3. The third-order valence-corrected chi connectivity index (χ3v) is 22.9. The quantitative estimate of drug-likeness (QED) is 0.165. The van der Waals surface area contributed by atoms with E-state index in [9.17, 15) is 28.8 Å². The van der Waals surface area contributed by atoms with E-state index in [1.54, 1.807) is 18.6 Å². The highest BCUT2D eigenvalue weighted by Crippen LogP contribution is 2.63. The molecule has 18 rings (SSSR count). The van der Waals surface area contributed by atoms with Crippen molar-refractivity contribution in [1.82, 2.24) is 15.0 Å². The van der Waals surface area contributed by atoms with Gasteiger partial charge in [0, 0.05) is 146 Å². The van der Waals surface area contributed by atoms with Crippen molar-refractivity contribution in [2.24, 2.45) is 34.0 Å². The molecule has 12 atom stereocenters. The van der Waals surface area contributed by atoms with Gasteiger partial charge in [-0.25, -0.2) is 0 Å². The molecule has 4 fully saturated rings. The summed E-state index contributed by atoms with van der Waals surface area (Å²) in [5.74, 6) is 3.72. The zero-order valence-corrected chi connectivity index (χ0v) is 51.0. The monoisotopic (exact) mass is 1190 g/mol. The molecule has 0 amide bonds. The normalized spacial score (nSPS) is 32.6. The van der Waals surface area contributed by atoms with Gasteiger partial charge in [0.15, 0.2) is 17.3 Å². The third-order valence-electron chi connectivity index (χ3n) is 22.9. The molecule has 90 heavy (non-hydrogen) atoms. The van der Waals surface area contributed by atoms with Crippen LogP contribution in [-0.4, -0.2) is 68.0 Å². The Bertz CT molecular complexity index is 4270. The first-order chi connectivity index (χ1) is 43.6. The van der Waals surface area contributed by atoms with Crippen molar-refractivity contribution in [3.05, 3.63) is 220 Å². The zero-order chi connectivity index (χ0) is 61.4. The van der Waals surface area contributed by atoms with Gasteiger partial charge in [-0.2, -0.15) is 0 Å². The van der Waals surface area contributed by atoms with E-state index in [1.807, 2.05) is 48.9 Å². The van der Waals surface area contributed by atoms with Gasteiger partial charge in [0.2, 0.25) is 0 Å². The van der Waals surface area contributed by atoms with Crippen molar-refractivity contribution in [1.29, 1.82) is 0 Å². The molecule has 12 nitrogen and oxygen atoms in total. The topological polar surface area (TPSA) is 169 Å². The largest absolute Gasteiger partial charge is 0.489 e. The van der Waals surface area contributed by atoms with Gasteiger partial charge in [-0.15, -0.1) is 0 Å². The lowest BCUT2D eigenvalue weighted by Crippen LogP contribution is -2.43. The van der Waals surface area contributed by atoms with E-state index in [2.05, 4.69) is 121 Å². The number of carbonyl (C=O) groups is 6. The van der Waals surface area contributed by atoms with Crippen LogP contribution in [0.15, 0.2) is 203 Å². The summed E-state index contributed by atoms with van der Waals surface area (Å²) in [5.41, 5.74) is 7.99. The number of nitrogens with zero attached hydrogens (tertiary/aromatic N) is 3. The smallest absolute Gasteiger partial charge is 0.166 e. The van der Waals surface area contributed by atoms with Crippen molar-refractivity contribution in [3.63, 3.8) is 0 Å². The predicted octanol–water partition coefficient (Wildman–Crippen LogP) is 14.7. The highest BCUT2D eigenvalue weighted by Gasteiger charge is 2.61. The number of ether oxygens (including phenoxy) is 3. The number of hydrogen-bond acceptors (Lipinski definition) is 12. The number of fused-ring (bicyclic) bond motifs is 12. The average Bonchev–Trinajstić information content (AvgIpc) is 1.55. The minimum atomic E-state index is -0.314. The molecule has 0 saturated heterocycles. The molecule has 0 spiro atoms. The van der Waals surface area contributed by atoms with Crippen molar-refractivity contribution in [2.45, 2.75) is 147 Å². The molecule has 3 aliphatic heterocycles. The third kappa shape index (κ3) is 9.07. The van der Waals surface area contributed by atoms with Crippen LogP contribution in [-0.2, 0) is 43.0 Å². The molecule has 3 aromatic carbocycles. The molecule has 6 heterocycles. The van der Waals surface area contributed by atoms with Crippen molar-refractivity contribution < 1.29 is 43.0 Å². The first kappa shape index (κ1) is 56.5. The molecular weight excluding hydrogens is 1120 g/mol. The van der Waals surface area contributed by atoms with Crippen molar-refractivity contribution in [3.8, 4) is 0 Å². The fourth-order valence-electron chi connectivity index (χ4n) is 18.2. The summed E-state index contributed by atoms with van der Waals surface area (Å²) >= 11 is 0. The van der Waals surface area contributed by atoms with E-state index in [-0.39, 0.29) is 99.0 Å². The number of pyridine rings is 3. The molecular formula is C78H71N3O9. The SMILES string of the molecule is C[C@]12C=CC3=CC4=C(CCCC4=O)O[C@H]3[C@@H]1CC(=O)[C@@H]2c1ccc2ccncc2c1.C[C@]12C=CC3=CC4=C(CCCC4=O)O[C@H]3[C@@H]1CC(=O)[C@@H]2c1ccc2cnccc2c1.C[C@]12CCC3=CC4=C(CCCC4=O)O[C@H]3[C@@H]1CC(=O)[C@@H]2c1ccc2ccncc2c1. The second-order valence-corrected chi connectivity index (χ2v) is 27.9. The van der Waals surface area contributed by atoms with E-state index >= 15 is 0 Å². The van der Waals surface area contributed by atoms with Crippen LogP contribution in [0.25, 0.3) is 32.3 Å². The Morgan fingerprint density at radius 1 is 0.411 bits per heavy atom. The number of allylic oxidation sites excluding steroid dienone is 11. The van der Waals surface area contributed by atoms with Crippen LogP contribution in [0.4, 0.5) is 0 Å². The Morgan fingerprint density at radius 2 is 0.822 bits per heavy atom. The molecule has 0 unspecified atom stereocenters. The minimum Gasteiger partial charge on any atom is -0.489 e. The van der Waals surface area contributed by atoms with Crippen LogP contribution >= 0.6 is 0 Å². The molecule has 12 heteroatoms. The molecule has 9 aliphatic carbocycles. The maximum atomic E-state index is 13.3. The summed E-state index contributed by atoms with van der Waals surface area (Å²) in [5, 5.41) is 6.59. The van der Waals surface area contributed by atoms with Gasteiger partial charge >= 0.3 is 0 Å². The number of aromatic nitrogens is 3. The van der Waals surface area contributed by atoms with Gasteiger partial charge in [0.25, 0.3) is 0 Å². The fourth-order valence-corrected chi connectivity index (χ4v) is 18.2. The first-order valence-electron chi connectivity index (χ1n) is 32.5. The first-order valence-corrected chi connectivity index (χ1v) is 32.5. The van der Waals surface area contributed by atoms with E-state index in [4.69, 9.17) is 14.2 Å². The van der Waals surface area contributed by atoms with Gasteiger partial charge in [0.05, 0.1) is 28.6 Å². The number of Topliss-reactive ketones (excluding diaryl/α,β-unsaturated/α-hetero) is 6. The lowest BCUT2D eigenvalue weighted by Gasteiger charge is -2.47. The van der Waals surface area contributed by atoms with Crippen LogP contribution in [0, 0.1) is 34.0 Å². The summed E-state index contributed by atoms with van der Waals surface area (Å²) < 4.78 is 19.3. The van der Waals surface area contributed by atoms with E-state index in [0.29, 0.717) is 44.3 Å². The second kappa shape index (κ2) is 21.5. The minimum absolute atomic E-state index is 0.0653. The fraction of sp³-hybridized carbons (Fsp3) is 0.372. The van der Waals surface area contributed by atoms with E-state index in [0.717, 1.165) is 146 Å². The van der Waals surface area contributed by atoms with E-state index < -0.39 is 0 Å². The summed E-state index contributed by atoms with van der Waals surface area (Å²) in [7, 11) is 0. The van der Waals surface area contributed by atoms with Crippen molar-refractivity contribution >= 4 is 67.0 Å². The Hall–Kier alpha value is -8.77. The number of carbonyl (C=O) groups excluding carboxylic acids is 6. The summed E-state index contributed by atoms with van der Waals surface area (Å²) in [6.45, 7) is 6.65. The van der Waals surface area contributed by atoms with Gasteiger partial charge in [-0.3, -0.25) is 43.7 Å². The summed E-state index contributed by atoms with van der Waals surface area (Å²) in [6, 6.07) is 24.9. The molecule has 0 radical (unpaired) electrons. The molecule has 4 saturated carbocycles. The van der Waals surface area contributed by atoms with Gasteiger partial charge < -0.3 is 14.2 Å². The maximum Gasteiger partial charge on any atom is 0.166 e. The molecule has 0 bridgehead atoms. The Kier molecular flexibility index (Phi) is 13.5. The second-order valence-electron chi connectivity index (χ2n) is 27.9. The molecule has 6 aromatic rings. The molecule has 452 valence electrons.